The Hall–Kier alpha value is -3.61. The van der Waals surface area contributed by atoms with E-state index in [1.165, 1.54) is 29.6 Å². The molecule has 7 heteroatoms. The first-order chi connectivity index (χ1) is 14.6. The molecule has 1 aliphatic heterocycles. The Labute approximate surface area is 175 Å². The van der Waals surface area contributed by atoms with E-state index in [2.05, 4.69) is 20.6 Å². The Balaban J connectivity index is 1.40. The summed E-state index contributed by atoms with van der Waals surface area (Å²) in [6.45, 7) is 2.16. The zero-order chi connectivity index (χ0) is 20.9. The molecular weight excluding hydrogens is 378 g/mol. The fourth-order valence-electron chi connectivity index (χ4n) is 3.58. The summed E-state index contributed by atoms with van der Waals surface area (Å²) in [4.78, 5) is 27.3. The van der Waals surface area contributed by atoms with Gasteiger partial charge in [0.25, 0.3) is 11.8 Å². The first-order valence-corrected chi connectivity index (χ1v) is 10.2. The number of benzene rings is 2. The first-order valence-electron chi connectivity index (χ1n) is 10.2. The number of rotatable bonds is 5. The summed E-state index contributed by atoms with van der Waals surface area (Å²) in [5, 5.41) is 9.88. The van der Waals surface area contributed by atoms with Gasteiger partial charge in [-0.3, -0.25) is 14.3 Å². The molecule has 1 saturated heterocycles. The van der Waals surface area contributed by atoms with Gasteiger partial charge in [0.05, 0.1) is 0 Å². The van der Waals surface area contributed by atoms with Crippen molar-refractivity contribution < 1.29 is 9.59 Å². The van der Waals surface area contributed by atoms with Crippen LogP contribution in [0.15, 0.2) is 60.7 Å². The SMILES string of the molecule is Cn1nc(C(=O)Nc2ccc(N3CCCCC3)cc2)cc1NC(=O)c1ccccc1. The van der Waals surface area contributed by atoms with E-state index in [0.717, 1.165) is 13.1 Å². The molecule has 0 spiro atoms. The number of aromatic nitrogens is 2. The standard InChI is InChI=1S/C23H25N5O2/c1-27-21(25-22(29)17-8-4-2-5-9-17)16-20(26-27)23(30)24-18-10-12-19(13-11-18)28-14-6-3-7-15-28/h2,4-5,8-13,16H,3,6-7,14-15H2,1H3,(H,24,30)(H,25,29). The summed E-state index contributed by atoms with van der Waals surface area (Å²) < 4.78 is 1.48. The van der Waals surface area contributed by atoms with Crippen molar-refractivity contribution in [2.75, 3.05) is 28.6 Å². The summed E-state index contributed by atoms with van der Waals surface area (Å²) >= 11 is 0. The number of nitrogens with zero attached hydrogens (tertiary/aromatic N) is 3. The number of carbonyl (C=O) groups excluding carboxylic acids is 2. The van der Waals surface area contributed by atoms with E-state index in [4.69, 9.17) is 0 Å². The van der Waals surface area contributed by atoms with E-state index in [0.29, 0.717) is 17.1 Å². The minimum Gasteiger partial charge on any atom is -0.372 e. The van der Waals surface area contributed by atoms with Crippen LogP contribution in [0.2, 0.25) is 0 Å². The van der Waals surface area contributed by atoms with Crippen molar-refractivity contribution >= 4 is 29.0 Å². The predicted molar refractivity (Wildman–Crippen MR) is 118 cm³/mol. The van der Waals surface area contributed by atoms with Crippen molar-refractivity contribution in [1.29, 1.82) is 0 Å². The second-order valence-corrected chi connectivity index (χ2v) is 7.41. The summed E-state index contributed by atoms with van der Waals surface area (Å²) in [5.41, 5.74) is 2.66. The monoisotopic (exact) mass is 403 g/mol. The van der Waals surface area contributed by atoms with Crippen LogP contribution in [0.4, 0.5) is 17.2 Å². The van der Waals surface area contributed by atoms with Crippen molar-refractivity contribution in [3.8, 4) is 0 Å². The lowest BCUT2D eigenvalue weighted by molar-refractivity contribution is 0.101. The maximum atomic E-state index is 12.6. The highest BCUT2D eigenvalue weighted by Crippen LogP contribution is 2.22. The summed E-state index contributed by atoms with van der Waals surface area (Å²) in [7, 11) is 1.69. The van der Waals surface area contributed by atoms with Crippen LogP contribution in [0, 0.1) is 0 Å². The molecule has 0 aliphatic carbocycles. The topological polar surface area (TPSA) is 79.3 Å². The van der Waals surface area contributed by atoms with Crippen LogP contribution < -0.4 is 15.5 Å². The third-order valence-corrected chi connectivity index (χ3v) is 5.24. The molecule has 2 aromatic carbocycles. The normalized spacial score (nSPS) is 13.7. The second kappa shape index (κ2) is 8.82. The van der Waals surface area contributed by atoms with E-state index < -0.39 is 0 Å². The molecule has 0 saturated carbocycles. The summed E-state index contributed by atoms with van der Waals surface area (Å²) in [5.74, 6) is -0.121. The van der Waals surface area contributed by atoms with Gasteiger partial charge in [0.2, 0.25) is 0 Å². The van der Waals surface area contributed by atoms with Gasteiger partial charge in [0.1, 0.15) is 5.82 Å². The van der Waals surface area contributed by atoms with Gasteiger partial charge in [-0.05, 0) is 55.7 Å². The number of anilines is 3. The lowest BCUT2D eigenvalue weighted by Crippen LogP contribution is -2.29. The maximum Gasteiger partial charge on any atom is 0.276 e. The third kappa shape index (κ3) is 4.51. The van der Waals surface area contributed by atoms with Crippen LogP contribution in [0.5, 0.6) is 0 Å². The number of amides is 2. The fraction of sp³-hybridized carbons (Fsp3) is 0.261. The summed E-state index contributed by atoms with van der Waals surface area (Å²) in [6, 6.07) is 18.4. The van der Waals surface area contributed by atoms with Crippen molar-refractivity contribution in [2.24, 2.45) is 7.05 Å². The average Bonchev–Trinajstić information content (AvgIpc) is 3.16. The lowest BCUT2D eigenvalue weighted by Gasteiger charge is -2.28. The van der Waals surface area contributed by atoms with Gasteiger partial charge >= 0.3 is 0 Å². The summed E-state index contributed by atoms with van der Waals surface area (Å²) in [6.07, 6.45) is 3.74. The van der Waals surface area contributed by atoms with Crippen molar-refractivity contribution in [2.45, 2.75) is 19.3 Å². The fourth-order valence-corrected chi connectivity index (χ4v) is 3.58. The molecule has 30 heavy (non-hydrogen) atoms. The Morgan fingerprint density at radius 1 is 0.867 bits per heavy atom. The maximum absolute atomic E-state index is 12.6. The molecule has 4 rings (SSSR count). The van der Waals surface area contributed by atoms with E-state index in [1.807, 2.05) is 30.3 Å². The molecule has 1 fully saturated rings. The zero-order valence-corrected chi connectivity index (χ0v) is 17.0. The lowest BCUT2D eigenvalue weighted by atomic mass is 10.1. The molecule has 0 atom stereocenters. The average molecular weight is 403 g/mol. The molecule has 0 bridgehead atoms. The van der Waals surface area contributed by atoms with Gasteiger partial charge in [-0.15, -0.1) is 0 Å². The van der Waals surface area contributed by atoms with Gasteiger partial charge in [-0.2, -0.15) is 5.10 Å². The Morgan fingerprint density at radius 3 is 2.27 bits per heavy atom. The molecule has 3 aromatic rings. The van der Waals surface area contributed by atoms with Crippen LogP contribution >= 0.6 is 0 Å². The molecule has 1 aliphatic rings. The van der Waals surface area contributed by atoms with Crippen LogP contribution in [-0.4, -0.2) is 34.7 Å². The highest BCUT2D eigenvalue weighted by atomic mass is 16.2. The highest BCUT2D eigenvalue weighted by Gasteiger charge is 2.16. The molecule has 7 nitrogen and oxygen atoms in total. The van der Waals surface area contributed by atoms with Crippen molar-refractivity contribution in [3.05, 3.63) is 71.9 Å². The first kappa shape index (κ1) is 19.7. The van der Waals surface area contributed by atoms with E-state index in [9.17, 15) is 9.59 Å². The largest absolute Gasteiger partial charge is 0.372 e. The van der Waals surface area contributed by atoms with Gasteiger partial charge < -0.3 is 15.5 Å². The third-order valence-electron chi connectivity index (χ3n) is 5.24. The van der Waals surface area contributed by atoms with Gasteiger partial charge in [-0.1, -0.05) is 18.2 Å². The molecular formula is C23H25N5O2. The predicted octanol–water partition coefficient (Wildman–Crippen LogP) is 3.92. The molecule has 154 valence electrons. The Bertz CT molecular complexity index is 1020. The second-order valence-electron chi connectivity index (χ2n) is 7.41. The number of piperidine rings is 1. The number of hydrogen-bond acceptors (Lipinski definition) is 4. The number of carbonyl (C=O) groups is 2. The van der Waals surface area contributed by atoms with E-state index >= 15 is 0 Å². The molecule has 1 aromatic heterocycles. The van der Waals surface area contributed by atoms with Gasteiger partial charge in [0.15, 0.2) is 5.69 Å². The van der Waals surface area contributed by atoms with Crippen molar-refractivity contribution in [1.82, 2.24) is 9.78 Å². The van der Waals surface area contributed by atoms with Gasteiger partial charge in [-0.25, -0.2) is 0 Å². The van der Waals surface area contributed by atoms with Crippen LogP contribution in [0.1, 0.15) is 40.1 Å². The van der Waals surface area contributed by atoms with E-state index in [1.54, 1.807) is 37.4 Å². The quantitative estimate of drug-likeness (QED) is 0.677. The van der Waals surface area contributed by atoms with Crippen molar-refractivity contribution in [3.63, 3.8) is 0 Å². The molecule has 2 amide bonds. The van der Waals surface area contributed by atoms with Crippen LogP contribution in [-0.2, 0) is 7.05 Å². The van der Waals surface area contributed by atoms with Crippen LogP contribution in [0.25, 0.3) is 0 Å². The Kier molecular flexibility index (Phi) is 5.79. The number of aryl methyl sites for hydroxylation is 1. The van der Waals surface area contributed by atoms with E-state index in [-0.39, 0.29) is 17.5 Å². The molecule has 0 unspecified atom stereocenters. The molecule has 2 N–H and O–H groups in total. The van der Waals surface area contributed by atoms with Crippen LogP contribution in [0.3, 0.4) is 0 Å². The smallest absolute Gasteiger partial charge is 0.276 e. The highest BCUT2D eigenvalue weighted by molar-refractivity contribution is 6.06. The minimum absolute atomic E-state index is 0.237. The zero-order valence-electron chi connectivity index (χ0n) is 17.0. The Morgan fingerprint density at radius 2 is 1.57 bits per heavy atom. The van der Waals surface area contributed by atoms with Gasteiger partial charge in [0, 0.05) is 43.1 Å². The number of nitrogens with one attached hydrogen (secondary N) is 2. The minimum atomic E-state index is -0.323. The molecule has 0 radical (unpaired) electrons. The number of hydrogen-bond donors (Lipinski definition) is 2. The molecule has 2 heterocycles.